The number of hydrogen-bond donors (Lipinski definition) is 2. The van der Waals surface area contributed by atoms with Gasteiger partial charge in [-0.25, -0.2) is 0 Å². The van der Waals surface area contributed by atoms with E-state index >= 15 is 0 Å². The van der Waals surface area contributed by atoms with Gasteiger partial charge in [0.2, 0.25) is 11.8 Å². The van der Waals surface area contributed by atoms with E-state index in [1.165, 1.54) is 21.8 Å². The summed E-state index contributed by atoms with van der Waals surface area (Å²) in [5.74, 6) is 0.0459. The first-order valence-corrected chi connectivity index (χ1v) is 15.0. The van der Waals surface area contributed by atoms with E-state index in [9.17, 15) is 14.4 Å². The van der Waals surface area contributed by atoms with Gasteiger partial charge in [-0.15, -0.1) is 11.3 Å². The summed E-state index contributed by atoms with van der Waals surface area (Å²) >= 11 is 1.39. The van der Waals surface area contributed by atoms with E-state index in [1.807, 2.05) is 66.0 Å². The lowest BCUT2D eigenvalue weighted by atomic mass is 10.0. The summed E-state index contributed by atoms with van der Waals surface area (Å²) in [4.78, 5) is 45.4. The van der Waals surface area contributed by atoms with Crippen molar-refractivity contribution in [1.29, 1.82) is 0 Å². The fourth-order valence-electron chi connectivity index (χ4n) is 5.51. The van der Waals surface area contributed by atoms with Crippen LogP contribution in [0.3, 0.4) is 0 Å². The van der Waals surface area contributed by atoms with Gasteiger partial charge in [0, 0.05) is 30.6 Å². The molecule has 6 rings (SSSR count). The van der Waals surface area contributed by atoms with E-state index < -0.39 is 11.9 Å². The molecular formula is C33H32N4O4S. The summed E-state index contributed by atoms with van der Waals surface area (Å²) in [6.07, 6.45) is 1.63. The second kappa shape index (κ2) is 12.6. The van der Waals surface area contributed by atoms with E-state index in [0.717, 1.165) is 32.5 Å². The lowest BCUT2D eigenvalue weighted by molar-refractivity contribution is -0.127. The molecule has 2 N–H and O–H groups in total. The van der Waals surface area contributed by atoms with Gasteiger partial charge in [-0.1, -0.05) is 54.6 Å². The Kier molecular flexibility index (Phi) is 8.30. The molecule has 2 aliphatic rings. The maximum atomic E-state index is 14.0. The number of hydrogen-bond acceptors (Lipinski definition) is 6. The number of carbonyl (C=O) groups excluding carboxylic acids is 3. The number of para-hydroxylation sites is 1. The number of fused-ring (bicyclic) bond motifs is 1. The monoisotopic (exact) mass is 580 g/mol. The predicted molar refractivity (Wildman–Crippen MR) is 163 cm³/mol. The first-order chi connectivity index (χ1) is 20.5. The highest BCUT2D eigenvalue weighted by atomic mass is 32.1. The Balaban J connectivity index is 1.20. The third kappa shape index (κ3) is 6.37. The van der Waals surface area contributed by atoms with Gasteiger partial charge >= 0.3 is 0 Å². The number of anilines is 1. The number of rotatable bonds is 8. The Morgan fingerprint density at radius 1 is 0.929 bits per heavy atom. The van der Waals surface area contributed by atoms with Gasteiger partial charge in [0.05, 0.1) is 11.3 Å². The van der Waals surface area contributed by atoms with Crippen molar-refractivity contribution >= 4 is 34.7 Å². The Morgan fingerprint density at radius 2 is 1.67 bits per heavy atom. The molecule has 3 heterocycles. The summed E-state index contributed by atoms with van der Waals surface area (Å²) in [7, 11) is 0. The molecule has 1 unspecified atom stereocenters. The van der Waals surface area contributed by atoms with Crippen LogP contribution in [-0.2, 0) is 16.1 Å². The van der Waals surface area contributed by atoms with Gasteiger partial charge in [-0.2, -0.15) is 0 Å². The maximum absolute atomic E-state index is 14.0. The zero-order valence-corrected chi connectivity index (χ0v) is 23.9. The molecule has 1 aromatic heterocycles. The maximum Gasteiger partial charge on any atom is 0.257 e. The average molecular weight is 581 g/mol. The largest absolute Gasteiger partial charge is 0.457 e. The molecule has 3 aromatic carbocycles. The van der Waals surface area contributed by atoms with Crippen molar-refractivity contribution in [2.24, 2.45) is 0 Å². The van der Waals surface area contributed by atoms with Crippen LogP contribution in [0.15, 0.2) is 96.4 Å². The first-order valence-electron chi connectivity index (χ1n) is 14.1. The highest BCUT2D eigenvalue weighted by Crippen LogP contribution is 2.33. The molecule has 3 amide bonds. The molecule has 2 aliphatic heterocycles. The van der Waals surface area contributed by atoms with Crippen molar-refractivity contribution in [3.05, 3.63) is 112 Å². The Bertz CT molecular complexity index is 1540. The van der Waals surface area contributed by atoms with E-state index in [1.54, 1.807) is 18.2 Å². The fraction of sp³-hybridized carbons (Fsp3) is 0.242. The van der Waals surface area contributed by atoms with Gasteiger partial charge < -0.3 is 20.3 Å². The van der Waals surface area contributed by atoms with Gasteiger partial charge in [0.15, 0.2) is 0 Å². The van der Waals surface area contributed by atoms with Gasteiger partial charge in [-0.3, -0.25) is 19.3 Å². The molecule has 42 heavy (non-hydrogen) atoms. The second-order valence-electron chi connectivity index (χ2n) is 10.6. The number of nitrogens with zero attached hydrogens (tertiary/aromatic N) is 2. The van der Waals surface area contributed by atoms with Crippen LogP contribution in [0.1, 0.15) is 39.7 Å². The summed E-state index contributed by atoms with van der Waals surface area (Å²) < 4.78 is 5.96. The smallest absolute Gasteiger partial charge is 0.257 e. The van der Waals surface area contributed by atoms with Crippen LogP contribution in [-0.4, -0.2) is 53.2 Å². The number of nitrogens with one attached hydrogen (secondary N) is 2. The minimum Gasteiger partial charge on any atom is -0.457 e. The Hall–Kier alpha value is -4.47. The van der Waals surface area contributed by atoms with Gasteiger partial charge in [-0.05, 0) is 60.2 Å². The third-order valence-corrected chi connectivity index (χ3v) is 8.53. The lowest BCUT2D eigenvalue weighted by Crippen LogP contribution is -2.50. The number of likely N-dealkylation sites (tertiary alicyclic amines) is 1. The Labute approximate surface area is 248 Å². The molecule has 0 radical (unpaired) electrons. The quantitative estimate of drug-likeness (QED) is 0.289. The summed E-state index contributed by atoms with van der Waals surface area (Å²) in [6, 6.07) is 27.4. The van der Waals surface area contributed by atoms with Crippen LogP contribution in [0.4, 0.5) is 5.69 Å². The summed E-state index contributed by atoms with van der Waals surface area (Å²) in [5.41, 5.74) is 1.94. The molecular weight excluding hydrogens is 548 g/mol. The van der Waals surface area contributed by atoms with Crippen molar-refractivity contribution in [1.82, 2.24) is 15.1 Å². The van der Waals surface area contributed by atoms with Crippen LogP contribution < -0.4 is 15.4 Å². The number of amides is 3. The third-order valence-electron chi connectivity index (χ3n) is 7.60. The topological polar surface area (TPSA) is 91.0 Å². The van der Waals surface area contributed by atoms with Crippen molar-refractivity contribution in [3.63, 3.8) is 0 Å². The normalized spacial score (nSPS) is 16.7. The second-order valence-corrected chi connectivity index (χ2v) is 11.5. The SMILES string of the molecule is O=C1CN(C(C(=O)NC2CCN(Cc3ccccc3)CC2)c2cccs2)C(=O)c2cc(Oc3ccccc3)ccc2N1. The van der Waals surface area contributed by atoms with Gasteiger partial charge in [0.25, 0.3) is 5.91 Å². The molecule has 9 heteroatoms. The minimum absolute atomic E-state index is 0.0129. The lowest BCUT2D eigenvalue weighted by Gasteiger charge is -2.34. The molecule has 0 saturated carbocycles. The molecule has 0 bridgehead atoms. The molecule has 0 spiro atoms. The van der Waals surface area contributed by atoms with Crippen LogP contribution >= 0.6 is 11.3 Å². The zero-order valence-electron chi connectivity index (χ0n) is 23.1. The van der Waals surface area contributed by atoms with Crippen LogP contribution in [0.25, 0.3) is 0 Å². The van der Waals surface area contributed by atoms with Crippen LogP contribution in [0.2, 0.25) is 0 Å². The number of ether oxygens (including phenoxy) is 1. The van der Waals surface area contributed by atoms with Crippen molar-refractivity contribution in [2.75, 3.05) is 25.0 Å². The standard InChI is InChI=1S/C33H32N4O4S/c38-30-22-37(33(40)27-20-26(13-14-28(27)35-30)41-25-10-5-2-6-11-25)31(29-12-7-19-42-29)32(39)34-24-15-17-36(18-16-24)21-23-8-3-1-4-9-23/h1-14,19-20,24,31H,15-18,21-22H2,(H,34,39)(H,35,38). The minimum atomic E-state index is -0.935. The van der Waals surface area contributed by atoms with Crippen LogP contribution in [0, 0.1) is 0 Å². The van der Waals surface area contributed by atoms with Gasteiger partial charge in [0.1, 0.15) is 24.1 Å². The van der Waals surface area contributed by atoms with Crippen molar-refractivity contribution in [3.8, 4) is 11.5 Å². The zero-order chi connectivity index (χ0) is 28.9. The predicted octanol–water partition coefficient (Wildman–Crippen LogP) is 5.46. The molecule has 1 fully saturated rings. The highest BCUT2D eigenvalue weighted by Gasteiger charge is 2.38. The summed E-state index contributed by atoms with van der Waals surface area (Å²) in [5, 5.41) is 7.91. The molecule has 4 aromatic rings. The fourth-order valence-corrected chi connectivity index (χ4v) is 6.34. The van der Waals surface area contributed by atoms with E-state index in [2.05, 4.69) is 27.7 Å². The van der Waals surface area contributed by atoms with E-state index in [4.69, 9.17) is 4.74 Å². The van der Waals surface area contributed by atoms with Crippen molar-refractivity contribution < 1.29 is 19.1 Å². The molecule has 8 nitrogen and oxygen atoms in total. The van der Waals surface area contributed by atoms with E-state index in [0.29, 0.717) is 22.1 Å². The molecule has 0 aliphatic carbocycles. The number of piperidine rings is 1. The Morgan fingerprint density at radius 3 is 2.38 bits per heavy atom. The number of thiophene rings is 1. The van der Waals surface area contributed by atoms with Crippen LogP contribution in [0.5, 0.6) is 11.5 Å². The molecule has 1 atom stereocenters. The summed E-state index contributed by atoms with van der Waals surface area (Å²) in [6.45, 7) is 2.37. The highest BCUT2D eigenvalue weighted by molar-refractivity contribution is 7.10. The number of benzene rings is 3. The first kappa shape index (κ1) is 27.7. The van der Waals surface area contributed by atoms with Crippen molar-refractivity contribution in [2.45, 2.75) is 31.5 Å². The molecule has 1 saturated heterocycles. The molecule has 214 valence electrons. The number of carbonyl (C=O) groups is 3. The average Bonchev–Trinajstić information content (AvgIpc) is 3.50. The van der Waals surface area contributed by atoms with E-state index in [-0.39, 0.29) is 30.0 Å².